The standard InChI is InChI=1S/C22H24N2O3S2/c1-5-23(6-2)16-7-9-17(10-8-16)24-21(25)20(29-22(24)28)14-15-13-18(26-3)11-12-19(15)27-4/h7-14H,5-6H2,1-4H3/b20-14+. The summed E-state index contributed by atoms with van der Waals surface area (Å²) in [7, 11) is 3.20. The van der Waals surface area contributed by atoms with E-state index in [9.17, 15) is 4.79 Å². The maximum Gasteiger partial charge on any atom is 0.270 e. The van der Waals surface area contributed by atoms with Crippen molar-refractivity contribution >= 4 is 51.7 Å². The van der Waals surface area contributed by atoms with Gasteiger partial charge in [-0.2, -0.15) is 0 Å². The zero-order chi connectivity index (χ0) is 21.0. The summed E-state index contributed by atoms with van der Waals surface area (Å²) in [5.74, 6) is 1.22. The number of benzene rings is 2. The molecule has 0 N–H and O–H groups in total. The summed E-state index contributed by atoms with van der Waals surface area (Å²) in [5, 5.41) is 0. The molecule has 1 aliphatic heterocycles. The van der Waals surface area contributed by atoms with E-state index in [1.807, 2.05) is 42.5 Å². The van der Waals surface area contributed by atoms with Crippen LogP contribution in [0.5, 0.6) is 11.5 Å². The Balaban J connectivity index is 1.89. The van der Waals surface area contributed by atoms with Gasteiger partial charge < -0.3 is 14.4 Å². The number of methoxy groups -OCH3 is 2. The Kier molecular flexibility index (Phi) is 6.82. The number of amides is 1. The smallest absolute Gasteiger partial charge is 0.270 e. The summed E-state index contributed by atoms with van der Waals surface area (Å²) in [5.41, 5.74) is 2.66. The van der Waals surface area contributed by atoms with Gasteiger partial charge in [0.05, 0.1) is 24.8 Å². The van der Waals surface area contributed by atoms with Crippen LogP contribution in [0.3, 0.4) is 0 Å². The van der Waals surface area contributed by atoms with Crippen molar-refractivity contribution in [3.05, 3.63) is 52.9 Å². The van der Waals surface area contributed by atoms with Crippen LogP contribution < -0.4 is 19.3 Å². The van der Waals surface area contributed by atoms with Gasteiger partial charge in [-0.05, 0) is 62.4 Å². The minimum atomic E-state index is -0.138. The molecule has 1 fully saturated rings. The van der Waals surface area contributed by atoms with Gasteiger partial charge >= 0.3 is 0 Å². The highest BCUT2D eigenvalue weighted by Crippen LogP contribution is 2.38. The highest BCUT2D eigenvalue weighted by Gasteiger charge is 2.33. The molecular weight excluding hydrogens is 404 g/mol. The molecule has 0 aliphatic carbocycles. The van der Waals surface area contributed by atoms with E-state index in [4.69, 9.17) is 21.7 Å². The van der Waals surface area contributed by atoms with Crippen molar-refractivity contribution in [1.29, 1.82) is 0 Å². The Morgan fingerprint density at radius 3 is 2.34 bits per heavy atom. The fourth-order valence-electron chi connectivity index (χ4n) is 3.19. The molecule has 0 atom stereocenters. The third-order valence-electron chi connectivity index (χ3n) is 4.75. The summed E-state index contributed by atoms with van der Waals surface area (Å²) >= 11 is 6.78. The SMILES string of the molecule is CCN(CC)c1ccc(N2C(=O)/C(=C\c3cc(OC)ccc3OC)SC2=S)cc1. The first kappa shape index (κ1) is 21.2. The highest BCUT2D eigenvalue weighted by molar-refractivity contribution is 8.27. The van der Waals surface area contributed by atoms with Crippen LogP contribution in [0.2, 0.25) is 0 Å². The first-order valence-electron chi connectivity index (χ1n) is 9.37. The van der Waals surface area contributed by atoms with Gasteiger partial charge in [-0.3, -0.25) is 9.69 Å². The lowest BCUT2D eigenvalue weighted by atomic mass is 10.1. The largest absolute Gasteiger partial charge is 0.497 e. The van der Waals surface area contributed by atoms with Gasteiger partial charge in [-0.1, -0.05) is 24.0 Å². The summed E-state index contributed by atoms with van der Waals surface area (Å²) in [6.45, 7) is 6.11. The molecule has 3 rings (SSSR count). The van der Waals surface area contributed by atoms with Crippen LogP contribution in [-0.4, -0.2) is 37.5 Å². The number of thiocarbonyl (C=S) groups is 1. The number of anilines is 2. The zero-order valence-electron chi connectivity index (χ0n) is 17.0. The van der Waals surface area contributed by atoms with E-state index < -0.39 is 0 Å². The van der Waals surface area contributed by atoms with Gasteiger partial charge in [0, 0.05) is 24.3 Å². The molecule has 1 aliphatic rings. The Hall–Kier alpha value is -2.51. The van der Waals surface area contributed by atoms with Crippen LogP contribution >= 0.6 is 24.0 Å². The summed E-state index contributed by atoms with van der Waals surface area (Å²) in [6.07, 6.45) is 1.80. The van der Waals surface area contributed by atoms with Gasteiger partial charge in [-0.25, -0.2) is 0 Å². The monoisotopic (exact) mass is 428 g/mol. The molecule has 0 aromatic heterocycles. The minimum absolute atomic E-state index is 0.138. The molecule has 5 nitrogen and oxygen atoms in total. The van der Waals surface area contributed by atoms with Crippen LogP contribution in [0, 0.1) is 0 Å². The second-order valence-corrected chi connectivity index (χ2v) is 7.99. The molecule has 0 spiro atoms. The third kappa shape index (κ3) is 4.41. The van der Waals surface area contributed by atoms with Crippen LogP contribution in [0.4, 0.5) is 11.4 Å². The Morgan fingerprint density at radius 2 is 1.76 bits per heavy atom. The van der Waals surface area contributed by atoms with Gasteiger partial charge in [0.25, 0.3) is 5.91 Å². The van der Waals surface area contributed by atoms with Crippen molar-refractivity contribution in [3.8, 4) is 11.5 Å². The summed E-state index contributed by atoms with van der Waals surface area (Å²) < 4.78 is 11.2. The Labute approximate surface area is 181 Å². The molecule has 29 heavy (non-hydrogen) atoms. The molecule has 2 aromatic rings. The number of nitrogens with zero attached hydrogens (tertiary/aromatic N) is 2. The van der Waals surface area contributed by atoms with Crippen molar-refractivity contribution < 1.29 is 14.3 Å². The van der Waals surface area contributed by atoms with Gasteiger partial charge in [-0.15, -0.1) is 0 Å². The first-order chi connectivity index (χ1) is 14.0. The van der Waals surface area contributed by atoms with Crippen molar-refractivity contribution in [2.45, 2.75) is 13.8 Å². The number of carbonyl (C=O) groups excluding carboxylic acids is 1. The van der Waals surface area contributed by atoms with Gasteiger partial charge in [0.2, 0.25) is 0 Å². The number of carbonyl (C=O) groups is 1. The predicted molar refractivity (Wildman–Crippen MR) is 125 cm³/mol. The number of rotatable bonds is 7. The Bertz CT molecular complexity index is 938. The molecule has 2 aromatic carbocycles. The zero-order valence-corrected chi connectivity index (χ0v) is 18.6. The normalized spacial score (nSPS) is 15.2. The molecular formula is C22H24N2O3S2. The van der Waals surface area contributed by atoms with E-state index in [1.165, 1.54) is 11.8 Å². The maximum absolute atomic E-state index is 13.1. The van der Waals surface area contributed by atoms with Crippen LogP contribution in [0.15, 0.2) is 47.4 Å². The fraction of sp³-hybridized carbons (Fsp3) is 0.273. The van der Waals surface area contributed by atoms with Crippen LogP contribution in [0.25, 0.3) is 6.08 Å². The molecule has 1 saturated heterocycles. The maximum atomic E-state index is 13.1. The second kappa shape index (κ2) is 9.33. The van der Waals surface area contributed by atoms with Crippen molar-refractivity contribution in [3.63, 3.8) is 0 Å². The molecule has 1 amide bonds. The third-order valence-corrected chi connectivity index (χ3v) is 6.06. The quantitative estimate of drug-likeness (QED) is 0.459. The number of thioether (sulfide) groups is 1. The number of hydrogen-bond acceptors (Lipinski definition) is 6. The number of hydrogen-bond donors (Lipinski definition) is 0. The minimum Gasteiger partial charge on any atom is -0.497 e. The fourth-order valence-corrected chi connectivity index (χ4v) is 4.47. The van der Waals surface area contributed by atoms with E-state index in [0.29, 0.717) is 20.7 Å². The summed E-state index contributed by atoms with van der Waals surface area (Å²) in [4.78, 5) is 17.5. The summed E-state index contributed by atoms with van der Waals surface area (Å²) in [6, 6.07) is 13.4. The van der Waals surface area contributed by atoms with Crippen molar-refractivity contribution in [2.75, 3.05) is 37.1 Å². The van der Waals surface area contributed by atoms with E-state index in [2.05, 4.69) is 18.7 Å². The average molecular weight is 429 g/mol. The van der Waals surface area contributed by atoms with Crippen molar-refractivity contribution in [1.82, 2.24) is 0 Å². The first-order valence-corrected chi connectivity index (χ1v) is 10.6. The molecule has 7 heteroatoms. The second-order valence-electron chi connectivity index (χ2n) is 6.31. The van der Waals surface area contributed by atoms with Gasteiger partial charge in [0.1, 0.15) is 11.5 Å². The predicted octanol–water partition coefficient (Wildman–Crippen LogP) is 4.96. The van der Waals surface area contributed by atoms with Gasteiger partial charge in [0.15, 0.2) is 4.32 Å². The lowest BCUT2D eigenvalue weighted by Gasteiger charge is -2.22. The van der Waals surface area contributed by atoms with E-state index in [0.717, 1.165) is 30.0 Å². The highest BCUT2D eigenvalue weighted by atomic mass is 32.2. The van der Waals surface area contributed by atoms with E-state index in [-0.39, 0.29) is 5.91 Å². The Morgan fingerprint density at radius 1 is 1.07 bits per heavy atom. The lowest BCUT2D eigenvalue weighted by molar-refractivity contribution is -0.113. The molecule has 0 radical (unpaired) electrons. The molecule has 0 saturated carbocycles. The van der Waals surface area contributed by atoms with E-state index >= 15 is 0 Å². The van der Waals surface area contributed by atoms with Crippen LogP contribution in [0.1, 0.15) is 19.4 Å². The molecule has 0 unspecified atom stereocenters. The molecule has 152 valence electrons. The topological polar surface area (TPSA) is 42.0 Å². The average Bonchev–Trinajstić information content (AvgIpc) is 3.02. The number of ether oxygens (including phenoxy) is 2. The lowest BCUT2D eigenvalue weighted by Crippen LogP contribution is -2.27. The van der Waals surface area contributed by atoms with Crippen LogP contribution in [-0.2, 0) is 4.79 Å². The van der Waals surface area contributed by atoms with E-state index in [1.54, 1.807) is 25.2 Å². The molecule has 1 heterocycles. The van der Waals surface area contributed by atoms with Crippen molar-refractivity contribution in [2.24, 2.45) is 0 Å². The molecule has 0 bridgehead atoms.